The van der Waals surface area contributed by atoms with E-state index in [1.807, 2.05) is 83.6 Å². The van der Waals surface area contributed by atoms with Gasteiger partial charge in [0.15, 0.2) is 5.78 Å². The predicted molar refractivity (Wildman–Crippen MR) is 192 cm³/mol. The molecular formula is C39H25NO6S2. The SMILES string of the molecule is O=C(C#Cc1ccccc1)Nc1scc2c3c(oc(=O)c12)=CCCC=3.O=C(Cc1scc2c1c(=O)oc1ccccc12)c1ccccc1. The molecule has 0 fully saturated rings. The van der Waals surface area contributed by atoms with E-state index in [-0.39, 0.29) is 17.8 Å². The summed E-state index contributed by atoms with van der Waals surface area (Å²) in [5, 5.41) is 11.4. The van der Waals surface area contributed by atoms with E-state index in [1.54, 1.807) is 18.2 Å². The third-order valence-corrected chi connectivity index (χ3v) is 9.67. The van der Waals surface area contributed by atoms with Crippen LogP contribution in [0.4, 0.5) is 5.00 Å². The van der Waals surface area contributed by atoms with Crippen LogP contribution in [0.25, 0.3) is 44.7 Å². The van der Waals surface area contributed by atoms with Gasteiger partial charge in [0.25, 0.3) is 0 Å². The third kappa shape index (κ3) is 6.27. The smallest absolute Gasteiger partial charge is 0.347 e. The lowest BCUT2D eigenvalue weighted by atomic mass is 10.1. The molecule has 0 saturated carbocycles. The Bertz CT molecular complexity index is 2650. The zero-order valence-electron chi connectivity index (χ0n) is 25.3. The molecule has 7 aromatic rings. The number of anilines is 1. The van der Waals surface area contributed by atoms with Crippen LogP contribution in [0.2, 0.25) is 0 Å². The molecule has 0 aliphatic heterocycles. The van der Waals surface area contributed by atoms with E-state index >= 15 is 0 Å². The molecule has 234 valence electrons. The number of carbonyl (C=O) groups is 2. The zero-order valence-corrected chi connectivity index (χ0v) is 26.9. The van der Waals surface area contributed by atoms with Crippen LogP contribution in [0, 0.1) is 11.8 Å². The Morgan fingerprint density at radius 1 is 0.729 bits per heavy atom. The van der Waals surface area contributed by atoms with Crippen molar-refractivity contribution in [2.24, 2.45) is 0 Å². The van der Waals surface area contributed by atoms with E-state index in [0.29, 0.717) is 32.3 Å². The largest absolute Gasteiger partial charge is 0.423 e. The first-order valence-corrected chi connectivity index (χ1v) is 16.8. The highest BCUT2D eigenvalue weighted by atomic mass is 32.1. The molecule has 4 heterocycles. The van der Waals surface area contributed by atoms with Crippen LogP contribution < -0.4 is 27.2 Å². The Morgan fingerprint density at radius 3 is 2.23 bits per heavy atom. The number of hydrogen-bond donors (Lipinski definition) is 1. The van der Waals surface area contributed by atoms with E-state index in [4.69, 9.17) is 8.83 Å². The van der Waals surface area contributed by atoms with Crippen molar-refractivity contribution < 1.29 is 18.4 Å². The Balaban J connectivity index is 0.000000152. The maximum atomic E-state index is 12.4. The number of thiophene rings is 2. The fourth-order valence-electron chi connectivity index (χ4n) is 5.53. The molecule has 0 unspecified atom stereocenters. The van der Waals surface area contributed by atoms with Crippen molar-refractivity contribution in [1.82, 2.24) is 0 Å². The van der Waals surface area contributed by atoms with Gasteiger partial charge in [-0.3, -0.25) is 9.59 Å². The van der Waals surface area contributed by atoms with Gasteiger partial charge in [0.1, 0.15) is 21.4 Å². The Kier molecular flexibility index (Phi) is 8.67. The summed E-state index contributed by atoms with van der Waals surface area (Å²) in [6.45, 7) is 0. The number of benzene rings is 3. The Morgan fingerprint density at radius 2 is 1.42 bits per heavy atom. The normalized spacial score (nSPS) is 11.8. The summed E-state index contributed by atoms with van der Waals surface area (Å²) in [5.74, 6) is 4.89. The number of ketones is 1. The molecule has 3 aromatic carbocycles. The number of amides is 1. The van der Waals surface area contributed by atoms with Crippen molar-refractivity contribution in [2.75, 3.05) is 5.32 Å². The summed E-state index contributed by atoms with van der Waals surface area (Å²) in [6, 6.07) is 25.8. The summed E-state index contributed by atoms with van der Waals surface area (Å²) >= 11 is 2.74. The molecule has 8 rings (SSSR count). The number of hydrogen-bond acceptors (Lipinski definition) is 8. The van der Waals surface area contributed by atoms with Crippen molar-refractivity contribution in [3.63, 3.8) is 0 Å². The maximum absolute atomic E-state index is 12.4. The number of para-hydroxylation sites is 1. The van der Waals surface area contributed by atoms with Crippen molar-refractivity contribution in [1.29, 1.82) is 0 Å². The first-order chi connectivity index (χ1) is 23.5. The number of fused-ring (bicyclic) bond motifs is 6. The molecule has 0 spiro atoms. The minimum Gasteiger partial charge on any atom is -0.423 e. The molecule has 7 nitrogen and oxygen atoms in total. The second-order valence-corrected chi connectivity index (χ2v) is 12.7. The first kappa shape index (κ1) is 30.8. The Hall–Kier alpha value is -5.82. The van der Waals surface area contributed by atoms with Gasteiger partial charge >= 0.3 is 17.2 Å². The zero-order chi connectivity index (χ0) is 33.0. The third-order valence-electron chi connectivity index (χ3n) is 7.79. The monoisotopic (exact) mass is 667 g/mol. The molecule has 9 heteroatoms. The lowest BCUT2D eigenvalue weighted by Crippen LogP contribution is -2.31. The van der Waals surface area contributed by atoms with E-state index in [1.165, 1.54) is 22.7 Å². The summed E-state index contributed by atoms with van der Waals surface area (Å²) < 4.78 is 10.8. The Labute approximate surface area is 281 Å². The molecule has 0 bridgehead atoms. The van der Waals surface area contributed by atoms with Gasteiger partial charge in [0.05, 0.1) is 5.39 Å². The highest BCUT2D eigenvalue weighted by Crippen LogP contribution is 2.30. The average Bonchev–Trinajstić information content (AvgIpc) is 3.74. The van der Waals surface area contributed by atoms with Gasteiger partial charge in [-0.05, 0) is 42.5 Å². The predicted octanol–water partition coefficient (Wildman–Crippen LogP) is 6.63. The van der Waals surface area contributed by atoms with Crippen molar-refractivity contribution in [2.45, 2.75) is 19.3 Å². The summed E-state index contributed by atoms with van der Waals surface area (Å²) in [4.78, 5) is 49.9. The number of Topliss-reactive ketones (excluding diaryl/α,β-unsaturated/α-hetero) is 1. The van der Waals surface area contributed by atoms with E-state index in [9.17, 15) is 19.2 Å². The van der Waals surface area contributed by atoms with Crippen LogP contribution in [0.5, 0.6) is 0 Å². The van der Waals surface area contributed by atoms with Crippen molar-refractivity contribution in [3.8, 4) is 11.8 Å². The molecule has 1 N–H and O–H groups in total. The van der Waals surface area contributed by atoms with Gasteiger partial charge < -0.3 is 14.2 Å². The number of rotatable bonds is 4. The van der Waals surface area contributed by atoms with E-state index in [0.717, 1.165) is 44.7 Å². The van der Waals surface area contributed by atoms with E-state index in [2.05, 4.69) is 23.2 Å². The average molecular weight is 668 g/mol. The first-order valence-electron chi connectivity index (χ1n) is 15.1. The highest BCUT2D eigenvalue weighted by Gasteiger charge is 2.17. The summed E-state index contributed by atoms with van der Waals surface area (Å²) in [5.41, 5.74) is 1.78. The molecule has 0 radical (unpaired) electrons. The van der Waals surface area contributed by atoms with Gasteiger partial charge in [-0.2, -0.15) is 0 Å². The quantitative estimate of drug-likeness (QED) is 0.128. The molecule has 1 aliphatic carbocycles. The topological polar surface area (TPSA) is 107 Å². The number of nitrogens with one attached hydrogen (secondary N) is 1. The maximum Gasteiger partial charge on any atom is 0.347 e. The second-order valence-electron chi connectivity index (χ2n) is 10.9. The van der Waals surface area contributed by atoms with Gasteiger partial charge in [-0.1, -0.05) is 78.7 Å². The van der Waals surface area contributed by atoms with Crippen LogP contribution in [-0.2, 0) is 11.2 Å². The van der Waals surface area contributed by atoms with Gasteiger partial charge in [0.2, 0.25) is 0 Å². The van der Waals surface area contributed by atoms with Gasteiger partial charge in [-0.25, -0.2) is 9.59 Å². The molecule has 1 amide bonds. The lowest BCUT2D eigenvalue weighted by Gasteiger charge is -2.01. The van der Waals surface area contributed by atoms with Crippen molar-refractivity contribution >= 4 is 84.0 Å². The van der Waals surface area contributed by atoms with Crippen LogP contribution in [0.15, 0.2) is 114 Å². The minimum absolute atomic E-state index is 0.00177. The van der Waals surface area contributed by atoms with E-state index < -0.39 is 11.5 Å². The fraction of sp³-hybridized carbons (Fsp3) is 0.0769. The van der Waals surface area contributed by atoms with Crippen molar-refractivity contribution in [3.05, 3.63) is 143 Å². The van der Waals surface area contributed by atoms with Crippen LogP contribution in [0.1, 0.15) is 33.6 Å². The molecule has 1 aliphatic rings. The second kappa shape index (κ2) is 13.5. The molecular weight excluding hydrogens is 643 g/mol. The number of carbonyl (C=O) groups excluding carboxylic acids is 2. The summed E-state index contributed by atoms with van der Waals surface area (Å²) in [6.07, 6.45) is 5.98. The molecule has 4 aromatic heterocycles. The standard InChI is InChI=1S/C20H13NO3S.C19H12O3S/c22-17(11-10-13-6-2-1-3-7-13)21-19-18-15(12-25-19)14-8-4-5-9-16(14)24-20(18)23;20-15(12-6-2-1-3-7-12)10-17-18-14(11-23-17)13-8-4-5-9-16(13)22-19(18)21/h1-3,6-9,12H,4-5H2,(H,21,22);1-9,11H,10H2. The minimum atomic E-state index is -0.458. The molecule has 0 saturated heterocycles. The molecule has 48 heavy (non-hydrogen) atoms. The van der Waals surface area contributed by atoms with Crippen LogP contribution >= 0.6 is 22.7 Å². The fourth-order valence-corrected chi connectivity index (χ4v) is 7.50. The highest BCUT2D eigenvalue weighted by molar-refractivity contribution is 7.16. The van der Waals surface area contributed by atoms with Gasteiger partial charge in [-0.15, -0.1) is 22.7 Å². The summed E-state index contributed by atoms with van der Waals surface area (Å²) in [7, 11) is 0. The van der Waals surface area contributed by atoms with Crippen LogP contribution in [-0.4, -0.2) is 11.7 Å². The molecule has 0 atom stereocenters. The van der Waals surface area contributed by atoms with Gasteiger partial charge in [0, 0.05) is 55.1 Å². The van der Waals surface area contributed by atoms with Crippen LogP contribution in [0.3, 0.4) is 0 Å². The lowest BCUT2D eigenvalue weighted by molar-refractivity contribution is -0.111.